The SMILES string of the molecule is C[C@]12CN(C(=O)N1OS(=O)(=O)O)C(CC(N)=NC(=O)O)c1[nH]ncc12. The van der Waals surface area contributed by atoms with Crippen molar-refractivity contribution in [1.29, 1.82) is 0 Å². The van der Waals surface area contributed by atoms with Crippen LogP contribution >= 0.6 is 0 Å². The Hall–Kier alpha value is -2.71. The van der Waals surface area contributed by atoms with Crippen LogP contribution in [0.1, 0.15) is 30.6 Å². The molecule has 13 nitrogen and oxygen atoms in total. The number of aliphatic imine (C=N–C) groups is 1. The number of carbonyl (C=O) groups excluding carboxylic acids is 1. The molecule has 0 aromatic carbocycles. The predicted molar refractivity (Wildman–Crippen MR) is 79.5 cm³/mol. The molecule has 1 unspecified atom stereocenters. The minimum Gasteiger partial charge on any atom is -0.463 e. The molecule has 2 aliphatic heterocycles. The van der Waals surface area contributed by atoms with Gasteiger partial charge in [0.2, 0.25) is 0 Å². The van der Waals surface area contributed by atoms with Crippen LogP contribution < -0.4 is 5.73 Å². The first-order valence-corrected chi connectivity index (χ1v) is 8.27. The molecule has 0 radical (unpaired) electrons. The Bertz CT molecular complexity index is 879. The van der Waals surface area contributed by atoms with E-state index in [1.165, 1.54) is 18.0 Å². The summed E-state index contributed by atoms with van der Waals surface area (Å²) in [6.07, 6.45) is -0.210. The van der Waals surface area contributed by atoms with E-state index in [9.17, 15) is 18.0 Å². The highest BCUT2D eigenvalue weighted by atomic mass is 32.3. The smallest absolute Gasteiger partial charge is 0.432 e. The van der Waals surface area contributed by atoms with Crippen molar-refractivity contribution in [2.45, 2.75) is 24.9 Å². The molecule has 0 saturated carbocycles. The number of carbonyl (C=O) groups is 2. The Morgan fingerprint density at radius 2 is 2.32 bits per heavy atom. The molecule has 5 N–H and O–H groups in total. The van der Waals surface area contributed by atoms with Gasteiger partial charge < -0.3 is 15.7 Å². The number of nitrogens with one attached hydrogen (secondary N) is 1. The number of fused-ring (bicyclic) bond motifs is 4. The van der Waals surface area contributed by atoms with Crippen LogP contribution in [-0.4, -0.2) is 62.7 Å². The van der Waals surface area contributed by atoms with Crippen LogP contribution in [0.25, 0.3) is 0 Å². The number of hydrogen-bond donors (Lipinski definition) is 4. The van der Waals surface area contributed by atoms with Crippen molar-refractivity contribution >= 4 is 28.4 Å². The second kappa shape index (κ2) is 5.40. The van der Waals surface area contributed by atoms with E-state index in [0.29, 0.717) is 16.3 Å². The quantitative estimate of drug-likeness (QED) is 0.307. The van der Waals surface area contributed by atoms with Gasteiger partial charge in [-0.2, -0.15) is 23.6 Å². The molecule has 3 amide bonds. The van der Waals surface area contributed by atoms with Gasteiger partial charge in [-0.15, -0.1) is 4.28 Å². The summed E-state index contributed by atoms with van der Waals surface area (Å²) < 4.78 is 35.6. The Balaban J connectivity index is 2.03. The van der Waals surface area contributed by atoms with Gasteiger partial charge in [0.1, 0.15) is 11.4 Å². The van der Waals surface area contributed by atoms with Crippen molar-refractivity contribution in [3.8, 4) is 0 Å². The van der Waals surface area contributed by atoms with E-state index < -0.39 is 34.1 Å². The molecular weight excluding hydrogens is 360 g/mol. The number of H-pyrrole nitrogens is 1. The molecule has 1 aromatic rings. The maximum absolute atomic E-state index is 12.6. The molecule has 14 heteroatoms. The molecule has 0 aliphatic carbocycles. The van der Waals surface area contributed by atoms with Crippen molar-refractivity contribution < 1.29 is 31.9 Å². The maximum atomic E-state index is 12.6. The third-order valence-electron chi connectivity index (χ3n) is 4.11. The number of nitrogens with two attached hydrogens (primary N) is 1. The van der Waals surface area contributed by atoms with Crippen LogP contribution in [0.4, 0.5) is 9.59 Å². The van der Waals surface area contributed by atoms with Gasteiger partial charge >= 0.3 is 22.5 Å². The van der Waals surface area contributed by atoms with Crippen LogP contribution in [0, 0.1) is 0 Å². The first-order valence-electron chi connectivity index (χ1n) is 6.90. The standard InChI is InChI=1S/C11H14N6O7S/c1-11-4-16(10(20)17(11)24-25(21,22)23)6(2-7(12)14-9(18)19)8-5(11)3-13-15-8/h3,6H,2,4H2,1H3,(H2,12,14)(H,13,15)(H,18,19)(H,21,22,23)/t6?,11-/m1/s1. The summed E-state index contributed by atoms with van der Waals surface area (Å²) >= 11 is 0. The maximum Gasteiger partial charge on any atom is 0.432 e. The number of nitrogens with zero attached hydrogens (tertiary/aromatic N) is 4. The Morgan fingerprint density at radius 1 is 1.64 bits per heavy atom. The molecule has 3 heterocycles. The number of rotatable bonds is 4. The molecule has 1 fully saturated rings. The lowest BCUT2D eigenvalue weighted by Crippen LogP contribution is -2.44. The summed E-state index contributed by atoms with van der Waals surface area (Å²) in [7, 11) is -4.94. The highest BCUT2D eigenvalue weighted by Gasteiger charge is 2.58. The Morgan fingerprint density at radius 3 is 2.92 bits per heavy atom. The average molecular weight is 374 g/mol. The van der Waals surface area contributed by atoms with E-state index >= 15 is 0 Å². The van der Waals surface area contributed by atoms with Crippen molar-refractivity contribution in [2.75, 3.05) is 6.54 Å². The number of aromatic amines is 1. The second-order valence-corrected chi connectivity index (χ2v) is 6.79. The monoisotopic (exact) mass is 374 g/mol. The zero-order valence-electron chi connectivity index (χ0n) is 12.8. The van der Waals surface area contributed by atoms with Gasteiger partial charge in [-0.05, 0) is 6.92 Å². The van der Waals surface area contributed by atoms with Gasteiger partial charge in [0.15, 0.2) is 0 Å². The number of amidine groups is 1. The topological polar surface area (TPSA) is 192 Å². The van der Waals surface area contributed by atoms with Crippen LogP contribution in [-0.2, 0) is 20.2 Å². The fraction of sp³-hybridized carbons (Fsp3) is 0.455. The Kier molecular flexibility index (Phi) is 3.70. The molecule has 136 valence electrons. The minimum absolute atomic E-state index is 0.0128. The molecule has 0 spiro atoms. The van der Waals surface area contributed by atoms with Crippen molar-refractivity contribution in [3.05, 3.63) is 17.5 Å². The summed E-state index contributed by atoms with van der Waals surface area (Å²) in [5, 5.41) is 15.8. The van der Waals surface area contributed by atoms with Crippen LogP contribution in [0.15, 0.2) is 11.2 Å². The fourth-order valence-electron chi connectivity index (χ4n) is 3.15. The molecule has 2 bridgehead atoms. The third-order valence-corrected chi connectivity index (χ3v) is 4.45. The lowest BCUT2D eigenvalue weighted by Gasteiger charge is -2.35. The number of aromatic nitrogens is 2. The van der Waals surface area contributed by atoms with Gasteiger partial charge in [-0.25, -0.2) is 9.59 Å². The predicted octanol–water partition coefficient (Wildman–Crippen LogP) is -0.423. The van der Waals surface area contributed by atoms with E-state index in [2.05, 4.69) is 19.5 Å². The molecule has 2 atom stereocenters. The number of carboxylic acid groups (broad SMARTS) is 1. The van der Waals surface area contributed by atoms with Gasteiger partial charge in [-0.3, -0.25) is 9.65 Å². The summed E-state index contributed by atoms with van der Waals surface area (Å²) in [6, 6.07) is -1.59. The number of hydrogen-bond acceptors (Lipinski definition) is 6. The molecule has 1 saturated heterocycles. The zero-order valence-corrected chi connectivity index (χ0v) is 13.6. The lowest BCUT2D eigenvalue weighted by molar-refractivity contribution is -0.0738. The van der Waals surface area contributed by atoms with Crippen molar-refractivity contribution in [2.24, 2.45) is 10.7 Å². The van der Waals surface area contributed by atoms with Gasteiger partial charge in [-0.1, -0.05) is 0 Å². The second-order valence-electron chi connectivity index (χ2n) is 5.78. The summed E-state index contributed by atoms with van der Waals surface area (Å²) in [6.45, 7) is 1.55. The highest BCUT2D eigenvalue weighted by molar-refractivity contribution is 7.80. The summed E-state index contributed by atoms with van der Waals surface area (Å²) in [5.74, 6) is -0.233. The number of urea groups is 1. The van der Waals surface area contributed by atoms with Gasteiger partial charge in [0.25, 0.3) is 0 Å². The van der Waals surface area contributed by atoms with E-state index in [-0.39, 0.29) is 18.8 Å². The molecule has 3 rings (SSSR count). The fourth-order valence-corrected chi connectivity index (χ4v) is 3.57. The molecule has 25 heavy (non-hydrogen) atoms. The van der Waals surface area contributed by atoms with E-state index in [4.69, 9.17) is 15.4 Å². The largest absolute Gasteiger partial charge is 0.463 e. The first kappa shape index (κ1) is 17.1. The van der Waals surface area contributed by atoms with Gasteiger partial charge in [0, 0.05) is 12.0 Å². The van der Waals surface area contributed by atoms with Crippen molar-refractivity contribution in [1.82, 2.24) is 20.2 Å². The Labute approximate surface area is 141 Å². The average Bonchev–Trinajstić information content (AvgIpc) is 3.02. The number of hydroxylamine groups is 2. The highest BCUT2D eigenvalue weighted by Crippen LogP contribution is 2.48. The summed E-state index contributed by atoms with van der Waals surface area (Å²) in [5.41, 5.74) is 5.25. The summed E-state index contributed by atoms with van der Waals surface area (Å²) in [4.78, 5) is 27.6. The molecule has 2 aliphatic rings. The van der Waals surface area contributed by atoms with Crippen molar-refractivity contribution in [3.63, 3.8) is 0 Å². The van der Waals surface area contributed by atoms with E-state index in [1.807, 2.05) is 0 Å². The zero-order chi connectivity index (χ0) is 18.6. The number of amides is 3. The van der Waals surface area contributed by atoms with Crippen LogP contribution in [0.2, 0.25) is 0 Å². The minimum atomic E-state index is -4.94. The van der Waals surface area contributed by atoms with Gasteiger partial charge in [0.05, 0.1) is 24.5 Å². The molecule has 1 aromatic heterocycles. The third kappa shape index (κ3) is 2.79. The lowest BCUT2D eigenvalue weighted by atomic mass is 9.86. The van der Waals surface area contributed by atoms with E-state index in [1.54, 1.807) is 0 Å². The normalized spacial score (nSPS) is 26.1. The first-order chi connectivity index (χ1) is 11.5. The van der Waals surface area contributed by atoms with Crippen LogP contribution in [0.5, 0.6) is 0 Å². The molecular formula is C11H14N6O7S. The van der Waals surface area contributed by atoms with Crippen LogP contribution in [0.3, 0.4) is 0 Å². The van der Waals surface area contributed by atoms with E-state index in [0.717, 1.165) is 0 Å².